The minimum Gasteiger partial charge on any atom is -0.383 e. The molecule has 0 aromatic heterocycles. The molecule has 1 aliphatic rings. The average molecular weight is 297 g/mol. The number of ether oxygens (including phenoxy) is 1. The predicted molar refractivity (Wildman–Crippen MR) is 82.7 cm³/mol. The minimum atomic E-state index is -0.0842. The van der Waals surface area contributed by atoms with Crippen molar-refractivity contribution in [1.29, 1.82) is 0 Å². The van der Waals surface area contributed by atoms with Gasteiger partial charge in [-0.05, 0) is 36.5 Å². The number of thioether (sulfide) groups is 1. The fourth-order valence-corrected chi connectivity index (χ4v) is 3.67. The number of benzene rings is 1. The minimum absolute atomic E-state index is 0.0842. The summed E-state index contributed by atoms with van der Waals surface area (Å²) in [5, 5.41) is 3.23. The maximum absolute atomic E-state index is 14.0. The van der Waals surface area contributed by atoms with E-state index in [9.17, 15) is 4.39 Å². The molecule has 1 saturated carbocycles. The normalized spacial score (nSPS) is 15.9. The van der Waals surface area contributed by atoms with Crippen molar-refractivity contribution >= 4 is 11.8 Å². The van der Waals surface area contributed by atoms with Crippen LogP contribution < -0.4 is 5.32 Å². The highest BCUT2D eigenvalue weighted by atomic mass is 32.2. The quantitative estimate of drug-likeness (QED) is 0.582. The van der Waals surface area contributed by atoms with E-state index in [2.05, 4.69) is 5.32 Å². The maximum Gasteiger partial charge on any atom is 0.137 e. The van der Waals surface area contributed by atoms with Gasteiger partial charge in [-0.1, -0.05) is 18.9 Å². The van der Waals surface area contributed by atoms with Crippen LogP contribution in [0.25, 0.3) is 0 Å². The standard InChI is InChI=1S/C16H24FNOS/c1-19-9-8-18-11-14-6-7-16(15(17)10-14)20-12-13-4-2-3-5-13/h6-7,10,13,18H,2-5,8-9,11-12H2,1H3. The van der Waals surface area contributed by atoms with Crippen LogP contribution in [0.1, 0.15) is 31.2 Å². The van der Waals surface area contributed by atoms with Crippen LogP contribution in [0.5, 0.6) is 0 Å². The van der Waals surface area contributed by atoms with E-state index in [0.29, 0.717) is 13.2 Å². The summed E-state index contributed by atoms with van der Waals surface area (Å²) >= 11 is 1.67. The summed E-state index contributed by atoms with van der Waals surface area (Å²) in [6.45, 7) is 2.15. The lowest BCUT2D eigenvalue weighted by Gasteiger charge is -2.10. The zero-order valence-corrected chi connectivity index (χ0v) is 13.0. The fraction of sp³-hybridized carbons (Fsp3) is 0.625. The number of nitrogens with one attached hydrogen (secondary N) is 1. The Balaban J connectivity index is 1.78. The molecule has 1 aromatic rings. The number of hydrogen-bond acceptors (Lipinski definition) is 3. The van der Waals surface area contributed by atoms with Crippen molar-refractivity contribution in [2.75, 3.05) is 26.0 Å². The van der Waals surface area contributed by atoms with Crippen molar-refractivity contribution in [2.45, 2.75) is 37.1 Å². The van der Waals surface area contributed by atoms with Gasteiger partial charge in [0.25, 0.3) is 0 Å². The van der Waals surface area contributed by atoms with Gasteiger partial charge in [-0.25, -0.2) is 4.39 Å². The number of halogens is 1. The third-order valence-electron chi connectivity index (χ3n) is 3.76. The molecule has 20 heavy (non-hydrogen) atoms. The molecule has 0 spiro atoms. The second kappa shape index (κ2) is 8.65. The molecule has 0 radical (unpaired) electrons. The SMILES string of the molecule is COCCNCc1ccc(SCC2CCCC2)c(F)c1. The first kappa shape index (κ1) is 15.8. The predicted octanol–water partition coefficient (Wildman–Crippen LogP) is 3.84. The van der Waals surface area contributed by atoms with Crippen LogP contribution >= 0.6 is 11.8 Å². The first-order valence-corrected chi connectivity index (χ1v) is 8.39. The Morgan fingerprint density at radius 1 is 1.35 bits per heavy atom. The van der Waals surface area contributed by atoms with Crippen LogP contribution in [-0.4, -0.2) is 26.0 Å². The lowest BCUT2D eigenvalue weighted by Crippen LogP contribution is -2.18. The molecule has 1 aromatic carbocycles. The zero-order valence-electron chi connectivity index (χ0n) is 12.2. The third-order valence-corrected chi connectivity index (χ3v) is 5.04. The molecular formula is C16H24FNOS. The van der Waals surface area contributed by atoms with E-state index in [1.54, 1.807) is 24.9 Å². The van der Waals surface area contributed by atoms with E-state index in [1.807, 2.05) is 12.1 Å². The molecule has 112 valence electrons. The van der Waals surface area contributed by atoms with Gasteiger partial charge in [-0.15, -0.1) is 11.8 Å². The van der Waals surface area contributed by atoms with Crippen LogP contribution in [0.15, 0.2) is 23.1 Å². The van der Waals surface area contributed by atoms with Crippen molar-refractivity contribution in [3.8, 4) is 0 Å². The van der Waals surface area contributed by atoms with E-state index >= 15 is 0 Å². The molecule has 0 bridgehead atoms. The summed E-state index contributed by atoms with van der Waals surface area (Å²) < 4.78 is 19.0. The second-order valence-electron chi connectivity index (χ2n) is 5.40. The summed E-state index contributed by atoms with van der Waals surface area (Å²) in [5.74, 6) is 1.76. The highest BCUT2D eigenvalue weighted by molar-refractivity contribution is 7.99. The zero-order chi connectivity index (χ0) is 14.2. The summed E-state index contributed by atoms with van der Waals surface area (Å²) in [7, 11) is 1.68. The largest absolute Gasteiger partial charge is 0.383 e. The van der Waals surface area contributed by atoms with E-state index in [0.717, 1.165) is 28.7 Å². The first-order chi connectivity index (χ1) is 9.79. The smallest absolute Gasteiger partial charge is 0.137 e. The molecule has 0 saturated heterocycles. The fourth-order valence-electron chi connectivity index (χ4n) is 2.56. The molecule has 4 heteroatoms. The molecule has 1 fully saturated rings. The molecule has 0 amide bonds. The Bertz CT molecular complexity index is 407. The summed E-state index contributed by atoms with van der Waals surface area (Å²) in [6, 6.07) is 5.58. The Morgan fingerprint density at radius 2 is 2.15 bits per heavy atom. The number of rotatable bonds is 8. The van der Waals surface area contributed by atoms with Crippen LogP contribution in [0.2, 0.25) is 0 Å². The molecular weight excluding hydrogens is 273 g/mol. The molecule has 0 atom stereocenters. The van der Waals surface area contributed by atoms with Crippen LogP contribution in [-0.2, 0) is 11.3 Å². The van der Waals surface area contributed by atoms with Gasteiger partial charge in [0.2, 0.25) is 0 Å². The Kier molecular flexibility index (Phi) is 6.83. The van der Waals surface area contributed by atoms with Crippen molar-refractivity contribution in [3.05, 3.63) is 29.6 Å². The van der Waals surface area contributed by atoms with Crippen molar-refractivity contribution in [1.82, 2.24) is 5.32 Å². The van der Waals surface area contributed by atoms with Gasteiger partial charge in [0.05, 0.1) is 6.61 Å². The van der Waals surface area contributed by atoms with Gasteiger partial charge < -0.3 is 10.1 Å². The lowest BCUT2D eigenvalue weighted by molar-refractivity contribution is 0.199. The number of methoxy groups -OCH3 is 1. The third kappa shape index (κ3) is 5.08. The second-order valence-corrected chi connectivity index (χ2v) is 6.46. The molecule has 0 heterocycles. The topological polar surface area (TPSA) is 21.3 Å². The van der Waals surface area contributed by atoms with Gasteiger partial charge in [0, 0.05) is 30.8 Å². The summed E-state index contributed by atoms with van der Waals surface area (Å²) in [4.78, 5) is 0.789. The van der Waals surface area contributed by atoms with Gasteiger partial charge in [0.15, 0.2) is 0 Å². The van der Waals surface area contributed by atoms with Crippen molar-refractivity contribution < 1.29 is 9.13 Å². The van der Waals surface area contributed by atoms with Crippen molar-refractivity contribution in [3.63, 3.8) is 0 Å². The molecule has 0 unspecified atom stereocenters. The van der Waals surface area contributed by atoms with Gasteiger partial charge >= 0.3 is 0 Å². The molecule has 1 N–H and O–H groups in total. The van der Waals surface area contributed by atoms with E-state index < -0.39 is 0 Å². The maximum atomic E-state index is 14.0. The molecule has 2 nitrogen and oxygen atoms in total. The first-order valence-electron chi connectivity index (χ1n) is 7.40. The lowest BCUT2D eigenvalue weighted by atomic mass is 10.1. The van der Waals surface area contributed by atoms with Gasteiger partial charge in [-0.3, -0.25) is 0 Å². The Morgan fingerprint density at radius 3 is 2.85 bits per heavy atom. The average Bonchev–Trinajstić information content (AvgIpc) is 2.96. The Hall–Kier alpha value is -0.580. The highest BCUT2D eigenvalue weighted by Crippen LogP contribution is 2.32. The molecule has 2 rings (SSSR count). The number of hydrogen-bond donors (Lipinski definition) is 1. The van der Waals surface area contributed by atoms with Crippen LogP contribution in [0.4, 0.5) is 4.39 Å². The van der Waals surface area contributed by atoms with Crippen LogP contribution in [0, 0.1) is 11.7 Å². The van der Waals surface area contributed by atoms with Gasteiger partial charge in [0.1, 0.15) is 5.82 Å². The summed E-state index contributed by atoms with van der Waals surface area (Å²) in [6.07, 6.45) is 5.33. The summed E-state index contributed by atoms with van der Waals surface area (Å²) in [5.41, 5.74) is 0.990. The Labute approximate surface area is 125 Å². The van der Waals surface area contributed by atoms with E-state index in [1.165, 1.54) is 25.7 Å². The van der Waals surface area contributed by atoms with E-state index in [4.69, 9.17) is 4.74 Å². The van der Waals surface area contributed by atoms with Gasteiger partial charge in [-0.2, -0.15) is 0 Å². The monoisotopic (exact) mass is 297 g/mol. The molecule has 0 aliphatic heterocycles. The van der Waals surface area contributed by atoms with E-state index in [-0.39, 0.29) is 5.82 Å². The van der Waals surface area contributed by atoms with Crippen molar-refractivity contribution in [2.24, 2.45) is 5.92 Å². The van der Waals surface area contributed by atoms with Crippen LogP contribution in [0.3, 0.4) is 0 Å². The highest BCUT2D eigenvalue weighted by Gasteiger charge is 2.16. The molecule has 1 aliphatic carbocycles.